The molecule has 7 heteroatoms. The summed E-state index contributed by atoms with van der Waals surface area (Å²) in [5, 5.41) is 10.4. The predicted octanol–water partition coefficient (Wildman–Crippen LogP) is 2.64. The average Bonchev–Trinajstić information content (AvgIpc) is 3.25. The molecule has 6 nitrogen and oxygen atoms in total. The lowest BCUT2D eigenvalue weighted by Crippen LogP contribution is -2.22. The van der Waals surface area contributed by atoms with Crippen LogP contribution in [-0.4, -0.2) is 28.6 Å². The molecule has 0 saturated heterocycles. The van der Waals surface area contributed by atoms with Crippen LogP contribution in [0.5, 0.6) is 0 Å². The normalized spacial score (nSPS) is 18.1. The van der Waals surface area contributed by atoms with Gasteiger partial charge in [0.15, 0.2) is 15.7 Å². The van der Waals surface area contributed by atoms with Gasteiger partial charge in [-0.3, -0.25) is 0 Å². The molecule has 1 aromatic carbocycles. The van der Waals surface area contributed by atoms with Crippen LogP contribution in [0.4, 0.5) is 0 Å². The van der Waals surface area contributed by atoms with Crippen molar-refractivity contribution in [3.8, 4) is 0 Å². The SMILES string of the molecule is CC[C@H](c1ccccc1)S(=O)(=O)[C@@H](C)c1nnnn1C1CC1. The third kappa shape index (κ3) is 2.65. The Labute approximate surface area is 130 Å². The summed E-state index contributed by atoms with van der Waals surface area (Å²) < 4.78 is 27.8. The van der Waals surface area contributed by atoms with Crippen LogP contribution < -0.4 is 0 Å². The zero-order chi connectivity index (χ0) is 15.7. The van der Waals surface area contributed by atoms with Crippen LogP contribution in [0.3, 0.4) is 0 Å². The summed E-state index contributed by atoms with van der Waals surface area (Å²) in [4.78, 5) is 0. The van der Waals surface area contributed by atoms with Gasteiger partial charge in [0.2, 0.25) is 0 Å². The summed E-state index contributed by atoms with van der Waals surface area (Å²) in [6.45, 7) is 3.58. The van der Waals surface area contributed by atoms with E-state index in [4.69, 9.17) is 0 Å². The molecule has 3 rings (SSSR count). The van der Waals surface area contributed by atoms with Crippen molar-refractivity contribution in [1.82, 2.24) is 20.2 Å². The first-order valence-electron chi connectivity index (χ1n) is 7.61. The van der Waals surface area contributed by atoms with Crippen molar-refractivity contribution in [2.45, 2.75) is 49.7 Å². The first-order chi connectivity index (χ1) is 10.6. The minimum Gasteiger partial charge on any atom is -0.227 e. The van der Waals surface area contributed by atoms with Gasteiger partial charge in [-0.1, -0.05) is 37.3 Å². The number of rotatable bonds is 6. The molecule has 0 radical (unpaired) electrons. The molecule has 0 amide bonds. The quantitative estimate of drug-likeness (QED) is 0.817. The number of benzene rings is 1. The molecule has 1 aromatic heterocycles. The predicted molar refractivity (Wildman–Crippen MR) is 82.9 cm³/mol. The fourth-order valence-corrected chi connectivity index (χ4v) is 4.71. The lowest BCUT2D eigenvalue weighted by atomic mass is 10.1. The fraction of sp³-hybridized carbons (Fsp3) is 0.533. The van der Waals surface area contributed by atoms with Gasteiger partial charge in [-0.25, -0.2) is 13.1 Å². The molecule has 0 aliphatic heterocycles. The van der Waals surface area contributed by atoms with Crippen LogP contribution in [0.25, 0.3) is 0 Å². The highest BCUT2D eigenvalue weighted by molar-refractivity contribution is 7.91. The number of hydrogen-bond donors (Lipinski definition) is 0. The van der Waals surface area contributed by atoms with E-state index in [1.807, 2.05) is 37.3 Å². The second kappa shape index (κ2) is 5.79. The van der Waals surface area contributed by atoms with E-state index in [1.54, 1.807) is 11.6 Å². The van der Waals surface area contributed by atoms with Crippen LogP contribution in [0.2, 0.25) is 0 Å². The van der Waals surface area contributed by atoms with Crippen LogP contribution in [0, 0.1) is 0 Å². The lowest BCUT2D eigenvalue weighted by molar-refractivity contribution is 0.546. The summed E-state index contributed by atoms with van der Waals surface area (Å²) in [5.41, 5.74) is 0.822. The van der Waals surface area contributed by atoms with Gasteiger partial charge in [0, 0.05) is 0 Å². The molecule has 1 aliphatic carbocycles. The van der Waals surface area contributed by atoms with Crippen molar-refractivity contribution in [1.29, 1.82) is 0 Å². The number of tetrazole rings is 1. The van der Waals surface area contributed by atoms with E-state index < -0.39 is 20.3 Å². The second-order valence-corrected chi connectivity index (χ2v) is 8.21. The molecule has 118 valence electrons. The van der Waals surface area contributed by atoms with Crippen molar-refractivity contribution in [2.75, 3.05) is 0 Å². The van der Waals surface area contributed by atoms with E-state index in [9.17, 15) is 8.42 Å². The molecular weight excluding hydrogens is 300 g/mol. The molecule has 0 N–H and O–H groups in total. The fourth-order valence-electron chi connectivity index (χ4n) is 2.77. The minimum atomic E-state index is -3.42. The van der Waals surface area contributed by atoms with Crippen LogP contribution in [0.1, 0.15) is 61.0 Å². The first kappa shape index (κ1) is 15.1. The Hall–Kier alpha value is -1.76. The Kier molecular flexibility index (Phi) is 3.99. The van der Waals surface area contributed by atoms with E-state index in [0.717, 1.165) is 18.4 Å². The highest BCUT2D eigenvalue weighted by Crippen LogP contribution is 2.39. The molecule has 0 spiro atoms. The van der Waals surface area contributed by atoms with Gasteiger partial charge in [-0.15, -0.1) is 5.10 Å². The highest BCUT2D eigenvalue weighted by atomic mass is 32.2. The van der Waals surface area contributed by atoms with Crippen LogP contribution >= 0.6 is 0 Å². The summed E-state index contributed by atoms with van der Waals surface area (Å²) in [7, 11) is -3.42. The number of sulfone groups is 1. The Morgan fingerprint density at radius 2 is 1.95 bits per heavy atom. The molecular formula is C15H20N4O2S. The molecule has 0 unspecified atom stereocenters. The maximum atomic E-state index is 13.0. The van der Waals surface area contributed by atoms with Gasteiger partial charge in [0.25, 0.3) is 0 Å². The summed E-state index contributed by atoms with van der Waals surface area (Å²) >= 11 is 0. The Balaban J connectivity index is 1.95. The standard InChI is InChI=1S/C15H20N4O2S/c1-3-14(12-7-5-4-6-8-12)22(20,21)11(2)15-16-17-18-19(15)13-9-10-13/h4-8,11,13-14H,3,9-10H2,1-2H3/t11-,14+/m0/s1. The molecule has 1 saturated carbocycles. The van der Waals surface area contributed by atoms with Gasteiger partial charge < -0.3 is 0 Å². The zero-order valence-corrected chi connectivity index (χ0v) is 13.6. The lowest BCUT2D eigenvalue weighted by Gasteiger charge is -2.21. The highest BCUT2D eigenvalue weighted by Gasteiger charge is 2.38. The molecule has 1 fully saturated rings. The van der Waals surface area contributed by atoms with E-state index >= 15 is 0 Å². The molecule has 1 heterocycles. The van der Waals surface area contributed by atoms with E-state index in [0.29, 0.717) is 12.2 Å². The topological polar surface area (TPSA) is 77.7 Å². The van der Waals surface area contributed by atoms with Gasteiger partial charge in [0.1, 0.15) is 5.25 Å². The third-order valence-corrected chi connectivity index (χ3v) is 6.80. The Bertz CT molecular complexity index is 738. The molecule has 2 aromatic rings. The molecule has 22 heavy (non-hydrogen) atoms. The van der Waals surface area contributed by atoms with Gasteiger partial charge >= 0.3 is 0 Å². The van der Waals surface area contributed by atoms with Crippen LogP contribution in [-0.2, 0) is 9.84 Å². The van der Waals surface area contributed by atoms with E-state index in [1.165, 1.54) is 0 Å². The summed E-state index contributed by atoms with van der Waals surface area (Å²) in [6, 6.07) is 9.61. The van der Waals surface area contributed by atoms with Crippen molar-refractivity contribution in [2.24, 2.45) is 0 Å². The van der Waals surface area contributed by atoms with Gasteiger partial charge in [-0.2, -0.15) is 0 Å². The summed E-state index contributed by atoms with van der Waals surface area (Å²) in [5.74, 6) is 0.455. The number of hydrogen-bond acceptors (Lipinski definition) is 5. The third-order valence-electron chi connectivity index (χ3n) is 4.21. The first-order valence-corrected chi connectivity index (χ1v) is 9.22. The largest absolute Gasteiger partial charge is 0.227 e. The van der Waals surface area contributed by atoms with E-state index in [2.05, 4.69) is 15.5 Å². The number of nitrogens with zero attached hydrogens (tertiary/aromatic N) is 4. The molecule has 0 bridgehead atoms. The Morgan fingerprint density at radius 3 is 2.55 bits per heavy atom. The van der Waals surface area contributed by atoms with Crippen LogP contribution in [0.15, 0.2) is 30.3 Å². The maximum absolute atomic E-state index is 13.0. The second-order valence-electron chi connectivity index (χ2n) is 5.75. The Morgan fingerprint density at radius 1 is 1.27 bits per heavy atom. The summed E-state index contributed by atoms with van der Waals surface area (Å²) in [6.07, 6.45) is 2.56. The monoisotopic (exact) mass is 320 g/mol. The van der Waals surface area contributed by atoms with Crippen molar-refractivity contribution in [3.05, 3.63) is 41.7 Å². The zero-order valence-electron chi connectivity index (χ0n) is 12.8. The van der Waals surface area contributed by atoms with Crippen molar-refractivity contribution < 1.29 is 8.42 Å². The average molecular weight is 320 g/mol. The van der Waals surface area contributed by atoms with Crippen molar-refractivity contribution in [3.63, 3.8) is 0 Å². The van der Waals surface area contributed by atoms with Gasteiger partial charge in [0.05, 0.1) is 11.3 Å². The van der Waals surface area contributed by atoms with E-state index in [-0.39, 0.29) is 6.04 Å². The van der Waals surface area contributed by atoms with Gasteiger partial charge in [-0.05, 0) is 42.2 Å². The smallest absolute Gasteiger partial charge is 0.169 e. The maximum Gasteiger partial charge on any atom is 0.169 e. The minimum absolute atomic E-state index is 0.263. The molecule has 1 aliphatic rings. The van der Waals surface area contributed by atoms with Crippen molar-refractivity contribution >= 4 is 9.84 Å². The molecule has 2 atom stereocenters. The number of aromatic nitrogens is 4.